The first-order valence-electron chi connectivity index (χ1n) is 9.87. The molecule has 26 heavy (non-hydrogen) atoms. The Hall–Kier alpha value is -2.15. The van der Waals surface area contributed by atoms with Gasteiger partial charge in [-0.25, -0.2) is 4.98 Å². The maximum Gasteiger partial charge on any atom is 0.227 e. The Kier molecular flexibility index (Phi) is 3.85. The molecule has 2 saturated carbocycles. The maximum absolute atomic E-state index is 6.04. The Bertz CT molecular complexity index is 782. The lowest BCUT2D eigenvalue weighted by atomic mass is 9.88. The number of hydrogen-bond acceptors (Lipinski definition) is 6. The number of H-pyrrole nitrogens is 1. The summed E-state index contributed by atoms with van der Waals surface area (Å²) in [6.07, 6.45) is 10.6. The largest absolute Gasteiger partial charge is 0.337 e. The second kappa shape index (κ2) is 6.23. The highest BCUT2D eigenvalue weighted by molar-refractivity contribution is 5.54. The SMILES string of the molecule is NCC12CCC(C1)N(c1nccc(Nc3cc(C4CCCC4)[nH]n3)n1)C2. The average molecular weight is 353 g/mol. The van der Waals surface area contributed by atoms with Crippen molar-refractivity contribution in [3.63, 3.8) is 0 Å². The number of rotatable bonds is 5. The highest BCUT2D eigenvalue weighted by Crippen LogP contribution is 2.48. The number of hydrogen-bond donors (Lipinski definition) is 3. The van der Waals surface area contributed by atoms with E-state index in [0.717, 1.165) is 30.7 Å². The number of nitrogens with zero attached hydrogens (tertiary/aromatic N) is 4. The van der Waals surface area contributed by atoms with Crippen molar-refractivity contribution in [1.82, 2.24) is 20.2 Å². The molecule has 0 spiro atoms. The predicted octanol–water partition coefficient (Wildman–Crippen LogP) is 2.92. The van der Waals surface area contributed by atoms with Gasteiger partial charge in [0.1, 0.15) is 5.82 Å². The zero-order valence-electron chi connectivity index (χ0n) is 15.1. The molecule has 1 saturated heterocycles. The van der Waals surface area contributed by atoms with E-state index in [1.807, 2.05) is 12.3 Å². The van der Waals surface area contributed by atoms with Gasteiger partial charge in [0.25, 0.3) is 0 Å². The number of anilines is 3. The minimum atomic E-state index is 0.274. The van der Waals surface area contributed by atoms with Gasteiger partial charge in [-0.05, 0) is 44.7 Å². The van der Waals surface area contributed by atoms with Crippen LogP contribution in [0.2, 0.25) is 0 Å². The molecule has 3 heterocycles. The van der Waals surface area contributed by atoms with Gasteiger partial charge in [-0.3, -0.25) is 5.10 Å². The fourth-order valence-electron chi connectivity index (χ4n) is 5.10. The number of nitrogens with two attached hydrogens (primary N) is 1. The van der Waals surface area contributed by atoms with Crippen LogP contribution >= 0.6 is 0 Å². The molecule has 2 aromatic rings. The molecule has 5 rings (SSSR count). The van der Waals surface area contributed by atoms with E-state index in [9.17, 15) is 0 Å². The number of fused-ring (bicyclic) bond motifs is 2. The summed E-state index contributed by atoms with van der Waals surface area (Å²) in [5.74, 6) is 3.06. The zero-order valence-corrected chi connectivity index (χ0v) is 15.1. The quantitative estimate of drug-likeness (QED) is 0.765. The van der Waals surface area contributed by atoms with Gasteiger partial charge in [0.05, 0.1) is 0 Å². The first-order chi connectivity index (χ1) is 12.7. The first kappa shape index (κ1) is 16.1. The Morgan fingerprint density at radius 3 is 2.96 bits per heavy atom. The van der Waals surface area contributed by atoms with Crippen LogP contribution in [-0.2, 0) is 0 Å². The molecule has 2 atom stereocenters. The normalized spacial score (nSPS) is 28.2. The lowest BCUT2D eigenvalue weighted by molar-refractivity contribution is 0.340. The molecule has 2 aromatic heterocycles. The van der Waals surface area contributed by atoms with Gasteiger partial charge in [-0.15, -0.1) is 0 Å². The first-order valence-corrected chi connectivity index (χ1v) is 9.87. The molecule has 0 amide bonds. The number of aromatic nitrogens is 4. The number of aromatic amines is 1. The summed E-state index contributed by atoms with van der Waals surface area (Å²) in [7, 11) is 0. The van der Waals surface area contributed by atoms with Gasteiger partial charge in [0, 0.05) is 41.9 Å². The third kappa shape index (κ3) is 2.74. The van der Waals surface area contributed by atoms with Crippen molar-refractivity contribution in [2.75, 3.05) is 23.3 Å². The van der Waals surface area contributed by atoms with E-state index in [-0.39, 0.29) is 5.41 Å². The Morgan fingerprint density at radius 1 is 1.27 bits per heavy atom. The maximum atomic E-state index is 6.04. The van der Waals surface area contributed by atoms with Crippen LogP contribution in [0.25, 0.3) is 0 Å². The van der Waals surface area contributed by atoms with Crippen LogP contribution in [0.3, 0.4) is 0 Å². The van der Waals surface area contributed by atoms with Crippen molar-refractivity contribution in [1.29, 1.82) is 0 Å². The van der Waals surface area contributed by atoms with Gasteiger partial charge in [0.15, 0.2) is 5.82 Å². The van der Waals surface area contributed by atoms with Crippen molar-refractivity contribution >= 4 is 17.6 Å². The average Bonchev–Trinajstić information content (AvgIpc) is 3.44. The van der Waals surface area contributed by atoms with Crippen molar-refractivity contribution in [3.8, 4) is 0 Å². The molecule has 2 aliphatic carbocycles. The van der Waals surface area contributed by atoms with Gasteiger partial charge in [-0.1, -0.05) is 12.8 Å². The Morgan fingerprint density at radius 2 is 2.15 bits per heavy atom. The molecular formula is C19H27N7. The Balaban J connectivity index is 1.31. The number of nitrogens with one attached hydrogen (secondary N) is 2. The molecule has 1 aliphatic heterocycles. The zero-order chi connectivity index (χ0) is 17.6. The molecular weight excluding hydrogens is 326 g/mol. The summed E-state index contributed by atoms with van der Waals surface area (Å²) in [5.41, 5.74) is 7.55. The van der Waals surface area contributed by atoms with E-state index in [1.54, 1.807) is 0 Å². The molecule has 3 fully saturated rings. The van der Waals surface area contributed by atoms with Crippen LogP contribution in [0.4, 0.5) is 17.6 Å². The van der Waals surface area contributed by atoms with Crippen LogP contribution < -0.4 is 16.0 Å². The van der Waals surface area contributed by atoms with Crippen molar-refractivity contribution in [2.24, 2.45) is 11.1 Å². The van der Waals surface area contributed by atoms with E-state index in [1.165, 1.54) is 50.6 Å². The van der Waals surface area contributed by atoms with Gasteiger partial charge >= 0.3 is 0 Å². The third-order valence-electron chi connectivity index (χ3n) is 6.60. The van der Waals surface area contributed by atoms with Gasteiger partial charge in [-0.2, -0.15) is 10.1 Å². The standard InChI is InChI=1S/C19H27N7/c20-11-19-7-5-14(10-19)26(12-19)18-21-8-6-16(23-18)22-17-9-15(24-25-17)13-3-1-2-4-13/h6,8-9,13-14H,1-5,7,10-12,20H2,(H2,21,22,23,24,25). The summed E-state index contributed by atoms with van der Waals surface area (Å²) in [5, 5.41) is 10.9. The topological polar surface area (TPSA) is 95.8 Å². The predicted molar refractivity (Wildman–Crippen MR) is 102 cm³/mol. The van der Waals surface area contributed by atoms with Crippen LogP contribution in [0, 0.1) is 5.41 Å². The smallest absolute Gasteiger partial charge is 0.227 e. The summed E-state index contributed by atoms with van der Waals surface area (Å²) in [6.45, 7) is 1.74. The molecule has 0 radical (unpaired) electrons. The van der Waals surface area contributed by atoms with E-state index < -0.39 is 0 Å². The molecule has 4 N–H and O–H groups in total. The lowest BCUT2D eigenvalue weighted by Crippen LogP contribution is -2.39. The molecule has 0 aromatic carbocycles. The van der Waals surface area contributed by atoms with Crippen molar-refractivity contribution in [2.45, 2.75) is 56.9 Å². The lowest BCUT2D eigenvalue weighted by Gasteiger charge is -2.31. The van der Waals surface area contributed by atoms with E-state index in [0.29, 0.717) is 12.0 Å². The minimum absolute atomic E-state index is 0.274. The monoisotopic (exact) mass is 353 g/mol. The third-order valence-corrected chi connectivity index (χ3v) is 6.60. The minimum Gasteiger partial charge on any atom is -0.337 e. The van der Waals surface area contributed by atoms with E-state index in [4.69, 9.17) is 10.7 Å². The summed E-state index contributed by atoms with van der Waals surface area (Å²) in [4.78, 5) is 11.6. The second-order valence-corrected chi connectivity index (χ2v) is 8.29. The second-order valence-electron chi connectivity index (χ2n) is 8.29. The van der Waals surface area contributed by atoms with Gasteiger partial charge < -0.3 is 16.0 Å². The van der Waals surface area contributed by atoms with Crippen LogP contribution in [-0.4, -0.2) is 39.3 Å². The van der Waals surface area contributed by atoms with Crippen LogP contribution in [0.1, 0.15) is 56.6 Å². The van der Waals surface area contributed by atoms with Crippen LogP contribution in [0.15, 0.2) is 18.3 Å². The highest BCUT2D eigenvalue weighted by Gasteiger charge is 2.49. The van der Waals surface area contributed by atoms with E-state index >= 15 is 0 Å². The van der Waals surface area contributed by atoms with Crippen LogP contribution in [0.5, 0.6) is 0 Å². The summed E-state index contributed by atoms with van der Waals surface area (Å²) < 4.78 is 0. The molecule has 7 heteroatoms. The number of piperidine rings is 1. The fourth-order valence-corrected chi connectivity index (χ4v) is 5.10. The summed E-state index contributed by atoms with van der Waals surface area (Å²) >= 11 is 0. The van der Waals surface area contributed by atoms with Crippen molar-refractivity contribution in [3.05, 3.63) is 24.0 Å². The molecule has 7 nitrogen and oxygen atoms in total. The molecule has 2 bridgehead atoms. The van der Waals surface area contributed by atoms with Crippen molar-refractivity contribution < 1.29 is 0 Å². The fraction of sp³-hybridized carbons (Fsp3) is 0.632. The van der Waals surface area contributed by atoms with E-state index in [2.05, 4.69) is 31.5 Å². The molecule has 138 valence electrons. The van der Waals surface area contributed by atoms with Gasteiger partial charge in [0.2, 0.25) is 5.95 Å². The Labute approximate surface area is 153 Å². The molecule has 2 unspecified atom stereocenters. The molecule has 3 aliphatic rings. The summed E-state index contributed by atoms with van der Waals surface area (Å²) in [6, 6.07) is 4.56. The highest BCUT2D eigenvalue weighted by atomic mass is 15.3.